The Labute approximate surface area is 122 Å². The zero-order valence-electron chi connectivity index (χ0n) is 9.59. The van der Waals surface area contributed by atoms with Crippen LogP contribution in [-0.4, -0.2) is 5.78 Å². The van der Waals surface area contributed by atoms with Crippen LogP contribution in [0.15, 0.2) is 40.9 Å². The molecule has 0 N–H and O–H groups in total. The quantitative estimate of drug-likeness (QED) is 0.730. The van der Waals surface area contributed by atoms with Crippen LogP contribution >= 0.6 is 27.5 Å². The van der Waals surface area contributed by atoms with Gasteiger partial charge in [-0.1, -0.05) is 33.6 Å². The predicted molar refractivity (Wildman–Crippen MR) is 73.5 cm³/mol. The molecule has 0 spiro atoms. The van der Waals surface area contributed by atoms with Gasteiger partial charge in [-0.15, -0.1) is 0 Å². The van der Waals surface area contributed by atoms with Gasteiger partial charge in [0.2, 0.25) is 0 Å². The minimum atomic E-state index is -0.736. The summed E-state index contributed by atoms with van der Waals surface area (Å²) in [6.07, 6.45) is -0.0769. The molecule has 0 saturated carbocycles. The number of benzene rings is 2. The van der Waals surface area contributed by atoms with Crippen LogP contribution in [0.4, 0.5) is 8.78 Å². The van der Waals surface area contributed by atoms with E-state index in [1.807, 2.05) is 0 Å². The van der Waals surface area contributed by atoms with Crippen molar-refractivity contribution in [2.45, 2.75) is 6.42 Å². The van der Waals surface area contributed by atoms with Gasteiger partial charge in [0.25, 0.3) is 0 Å². The number of halogens is 4. The number of rotatable bonds is 3. The minimum absolute atomic E-state index is 0.0769. The van der Waals surface area contributed by atoms with Crippen molar-refractivity contribution < 1.29 is 13.6 Å². The number of hydrogen-bond donors (Lipinski definition) is 0. The van der Waals surface area contributed by atoms with Gasteiger partial charge in [0.15, 0.2) is 5.78 Å². The van der Waals surface area contributed by atoms with Crippen molar-refractivity contribution in [1.82, 2.24) is 0 Å². The Bertz CT molecular complexity index is 643. The maximum absolute atomic E-state index is 13.5. The Morgan fingerprint density at radius 2 is 1.89 bits per heavy atom. The van der Waals surface area contributed by atoms with Crippen LogP contribution in [0.2, 0.25) is 5.02 Å². The van der Waals surface area contributed by atoms with Gasteiger partial charge in [-0.25, -0.2) is 8.78 Å². The molecule has 2 aromatic rings. The molecule has 2 rings (SSSR count). The summed E-state index contributed by atoms with van der Waals surface area (Å²) >= 11 is 9.23. The van der Waals surface area contributed by atoms with E-state index < -0.39 is 17.4 Å². The van der Waals surface area contributed by atoms with E-state index in [0.717, 1.165) is 22.7 Å². The molecule has 0 bridgehead atoms. The second kappa shape index (κ2) is 5.80. The molecule has 1 nitrogen and oxygen atoms in total. The highest BCUT2D eigenvalue weighted by Gasteiger charge is 2.15. The van der Waals surface area contributed by atoms with E-state index in [0.29, 0.717) is 10.6 Å². The van der Waals surface area contributed by atoms with E-state index in [-0.39, 0.29) is 12.0 Å². The first-order valence-electron chi connectivity index (χ1n) is 5.39. The third-order valence-corrected chi connectivity index (χ3v) is 3.44. The molecule has 0 unspecified atom stereocenters. The lowest BCUT2D eigenvalue weighted by Gasteiger charge is -2.05. The fraction of sp³-hybridized carbons (Fsp3) is 0.0714. The van der Waals surface area contributed by atoms with Crippen molar-refractivity contribution in [3.8, 4) is 0 Å². The Morgan fingerprint density at radius 3 is 2.58 bits per heavy atom. The Morgan fingerprint density at radius 1 is 1.16 bits per heavy atom. The van der Waals surface area contributed by atoms with Gasteiger partial charge in [-0.3, -0.25) is 4.79 Å². The van der Waals surface area contributed by atoms with Crippen LogP contribution in [0.3, 0.4) is 0 Å². The van der Waals surface area contributed by atoms with E-state index >= 15 is 0 Å². The predicted octanol–water partition coefficient (Wildman–Crippen LogP) is 4.81. The normalized spacial score (nSPS) is 10.5. The number of carbonyl (C=O) groups excluding carboxylic acids is 1. The third kappa shape index (κ3) is 3.39. The Balaban J connectivity index is 2.28. The molecule has 0 saturated heterocycles. The molecule has 0 amide bonds. The number of ketones is 1. The van der Waals surface area contributed by atoms with E-state index in [2.05, 4.69) is 15.9 Å². The van der Waals surface area contributed by atoms with Crippen LogP contribution in [0.1, 0.15) is 15.9 Å². The molecule has 0 aliphatic carbocycles. The minimum Gasteiger partial charge on any atom is -0.294 e. The summed E-state index contributed by atoms with van der Waals surface area (Å²) in [7, 11) is 0. The Kier molecular flexibility index (Phi) is 4.32. The fourth-order valence-corrected chi connectivity index (χ4v) is 2.38. The van der Waals surface area contributed by atoms with Gasteiger partial charge < -0.3 is 0 Å². The van der Waals surface area contributed by atoms with Crippen LogP contribution in [0, 0.1) is 11.6 Å². The summed E-state index contributed by atoms with van der Waals surface area (Å²) in [5.41, 5.74) is 0.303. The second-order valence-electron chi connectivity index (χ2n) is 3.96. The van der Waals surface area contributed by atoms with Crippen molar-refractivity contribution >= 4 is 33.3 Å². The molecule has 0 radical (unpaired) electrons. The highest BCUT2D eigenvalue weighted by Crippen LogP contribution is 2.23. The van der Waals surface area contributed by atoms with Gasteiger partial charge in [-0.2, -0.15) is 0 Å². The molecule has 19 heavy (non-hydrogen) atoms. The first kappa shape index (κ1) is 14.2. The molecule has 0 aromatic heterocycles. The largest absolute Gasteiger partial charge is 0.294 e. The maximum atomic E-state index is 13.5. The summed E-state index contributed by atoms with van der Waals surface area (Å²) in [4.78, 5) is 11.9. The molecule has 0 heterocycles. The van der Waals surface area contributed by atoms with E-state index in [1.165, 1.54) is 0 Å². The van der Waals surface area contributed by atoms with Gasteiger partial charge in [-0.05, 0) is 35.9 Å². The molecule has 0 aliphatic heterocycles. The zero-order valence-corrected chi connectivity index (χ0v) is 11.9. The molecule has 0 fully saturated rings. The van der Waals surface area contributed by atoms with Crippen LogP contribution in [0.5, 0.6) is 0 Å². The summed E-state index contributed by atoms with van der Waals surface area (Å²) in [6, 6.07) is 7.85. The molecular weight excluding hydrogens is 338 g/mol. The third-order valence-electron chi connectivity index (χ3n) is 2.59. The zero-order chi connectivity index (χ0) is 14.0. The van der Waals surface area contributed by atoms with Crippen LogP contribution in [-0.2, 0) is 6.42 Å². The van der Waals surface area contributed by atoms with Crippen LogP contribution < -0.4 is 0 Å². The van der Waals surface area contributed by atoms with E-state index in [1.54, 1.807) is 18.2 Å². The summed E-state index contributed by atoms with van der Waals surface area (Å²) in [6.45, 7) is 0. The van der Waals surface area contributed by atoms with E-state index in [9.17, 15) is 13.6 Å². The first-order chi connectivity index (χ1) is 8.97. The average Bonchev–Trinajstić information content (AvgIpc) is 2.35. The maximum Gasteiger partial charge on any atom is 0.170 e. The van der Waals surface area contributed by atoms with E-state index in [4.69, 9.17) is 11.6 Å². The van der Waals surface area contributed by atoms with Gasteiger partial charge in [0.05, 0.1) is 5.56 Å². The topological polar surface area (TPSA) is 17.1 Å². The molecule has 0 aliphatic rings. The van der Waals surface area contributed by atoms with Gasteiger partial charge in [0.1, 0.15) is 11.6 Å². The van der Waals surface area contributed by atoms with Crippen molar-refractivity contribution in [2.75, 3.05) is 0 Å². The molecular formula is C14H8BrClF2O. The number of hydrogen-bond acceptors (Lipinski definition) is 1. The van der Waals surface area contributed by atoms with Gasteiger partial charge in [0, 0.05) is 15.9 Å². The smallest absolute Gasteiger partial charge is 0.170 e. The lowest BCUT2D eigenvalue weighted by Crippen LogP contribution is -2.07. The fourth-order valence-electron chi connectivity index (χ4n) is 1.64. The number of carbonyl (C=O) groups is 1. The summed E-state index contributed by atoms with van der Waals surface area (Å²) in [5, 5.41) is 0.402. The van der Waals surface area contributed by atoms with Gasteiger partial charge >= 0.3 is 0 Å². The lowest BCUT2D eigenvalue weighted by molar-refractivity contribution is 0.0988. The molecule has 98 valence electrons. The van der Waals surface area contributed by atoms with Crippen molar-refractivity contribution in [1.29, 1.82) is 0 Å². The number of Topliss-reactive ketones (excluding diaryl/α,β-unsaturated/α-hetero) is 1. The monoisotopic (exact) mass is 344 g/mol. The Hall–Kier alpha value is -1.26. The lowest BCUT2D eigenvalue weighted by atomic mass is 10.0. The average molecular weight is 346 g/mol. The van der Waals surface area contributed by atoms with Crippen molar-refractivity contribution in [3.63, 3.8) is 0 Å². The van der Waals surface area contributed by atoms with Crippen molar-refractivity contribution in [2.24, 2.45) is 0 Å². The highest BCUT2D eigenvalue weighted by molar-refractivity contribution is 9.10. The second-order valence-corrected chi connectivity index (χ2v) is 5.28. The molecule has 5 heteroatoms. The molecule has 0 atom stereocenters. The highest BCUT2D eigenvalue weighted by atomic mass is 79.9. The van der Waals surface area contributed by atoms with Crippen LogP contribution in [0.25, 0.3) is 0 Å². The molecule has 2 aromatic carbocycles. The SMILES string of the molecule is O=C(Cc1ccc(Br)cc1Cl)c1cc(F)ccc1F. The van der Waals surface area contributed by atoms with Crippen molar-refractivity contribution in [3.05, 3.63) is 68.7 Å². The first-order valence-corrected chi connectivity index (χ1v) is 6.56. The summed E-state index contributed by atoms with van der Waals surface area (Å²) < 4.78 is 27.3. The standard InChI is InChI=1S/C14H8BrClF2O/c15-9-2-1-8(12(16)6-9)5-14(19)11-7-10(17)3-4-13(11)18/h1-4,6-7H,5H2. The summed E-state index contributed by atoms with van der Waals surface area (Å²) in [5.74, 6) is -1.90.